The molecule has 11 nitrogen and oxygen atoms in total. The van der Waals surface area contributed by atoms with E-state index >= 15 is 0 Å². The van der Waals surface area contributed by atoms with Crippen molar-refractivity contribution in [3.63, 3.8) is 0 Å². The standard InChI is InChI=1S/C24H31N9O2.ClH/c1-14-20(25)24(13-35-14)5-8-32(9-6-24)18-12-28-19-21(29-18)30-31-22(19)33-10-7-27-16-11-15(23(34)26-2)3-4-17(16)33;/h3-4,11-12,14,20,27H,5-10,13,25H2,1-2H3,(H,26,34)(H,29,30,31);1H/t14-,20+;/m0./s1. The summed E-state index contributed by atoms with van der Waals surface area (Å²) >= 11 is 0. The highest BCUT2D eigenvalue weighted by molar-refractivity contribution is 5.97. The third-order valence-electron chi connectivity index (χ3n) is 7.85. The first-order chi connectivity index (χ1) is 17.0. The van der Waals surface area contributed by atoms with Gasteiger partial charge in [-0.05, 0) is 38.0 Å². The Balaban J connectivity index is 0.00000267. The molecular formula is C24H32ClN9O2. The Hall–Kier alpha value is -3.15. The van der Waals surface area contributed by atoms with E-state index in [2.05, 4.69) is 37.6 Å². The maximum absolute atomic E-state index is 12.0. The van der Waals surface area contributed by atoms with Crippen molar-refractivity contribution in [2.24, 2.45) is 11.1 Å². The molecule has 36 heavy (non-hydrogen) atoms. The van der Waals surface area contributed by atoms with E-state index in [1.807, 2.05) is 24.4 Å². The molecule has 0 saturated carbocycles. The van der Waals surface area contributed by atoms with E-state index in [0.29, 0.717) is 11.2 Å². The van der Waals surface area contributed by atoms with Crippen LogP contribution in [0.4, 0.5) is 23.0 Å². The van der Waals surface area contributed by atoms with E-state index in [0.717, 1.165) is 74.2 Å². The Labute approximate surface area is 215 Å². The van der Waals surface area contributed by atoms with Gasteiger partial charge in [-0.3, -0.25) is 9.89 Å². The zero-order chi connectivity index (χ0) is 24.2. The summed E-state index contributed by atoms with van der Waals surface area (Å²) in [6.07, 6.45) is 3.93. The minimum absolute atomic E-state index is 0. The van der Waals surface area contributed by atoms with Crippen molar-refractivity contribution >= 4 is 52.5 Å². The minimum atomic E-state index is -0.115. The van der Waals surface area contributed by atoms with Crippen LogP contribution >= 0.6 is 12.4 Å². The molecule has 3 aliphatic rings. The maximum atomic E-state index is 12.0. The van der Waals surface area contributed by atoms with Crippen molar-refractivity contribution in [3.05, 3.63) is 30.0 Å². The number of nitrogens with one attached hydrogen (secondary N) is 3. The molecule has 1 spiro atoms. The van der Waals surface area contributed by atoms with Gasteiger partial charge in [0.2, 0.25) is 0 Å². The minimum Gasteiger partial charge on any atom is -0.382 e. The molecule has 1 amide bonds. The first kappa shape index (κ1) is 24.5. The van der Waals surface area contributed by atoms with Crippen LogP contribution in [0.15, 0.2) is 24.4 Å². The highest BCUT2D eigenvalue weighted by Gasteiger charge is 2.47. The second-order valence-corrected chi connectivity index (χ2v) is 9.75. The smallest absolute Gasteiger partial charge is 0.251 e. The molecule has 2 aromatic heterocycles. The van der Waals surface area contributed by atoms with Crippen molar-refractivity contribution in [1.82, 2.24) is 25.5 Å². The van der Waals surface area contributed by atoms with Gasteiger partial charge >= 0.3 is 0 Å². The number of hydrogen-bond donors (Lipinski definition) is 4. The number of carbonyl (C=O) groups excluding carboxylic acids is 1. The lowest BCUT2D eigenvalue weighted by atomic mass is 9.73. The summed E-state index contributed by atoms with van der Waals surface area (Å²) in [4.78, 5) is 26.1. The number of piperidine rings is 1. The van der Waals surface area contributed by atoms with Gasteiger partial charge in [0.05, 0.1) is 30.3 Å². The largest absolute Gasteiger partial charge is 0.382 e. The van der Waals surface area contributed by atoms with Gasteiger partial charge < -0.3 is 30.9 Å². The molecule has 12 heteroatoms. The number of benzene rings is 1. The van der Waals surface area contributed by atoms with Crippen LogP contribution in [0.2, 0.25) is 0 Å². The summed E-state index contributed by atoms with van der Waals surface area (Å²) in [5.74, 6) is 1.46. The predicted octanol–water partition coefficient (Wildman–Crippen LogP) is 2.03. The van der Waals surface area contributed by atoms with E-state index in [1.54, 1.807) is 7.05 Å². The van der Waals surface area contributed by atoms with Crippen LogP contribution in [0.3, 0.4) is 0 Å². The highest BCUT2D eigenvalue weighted by atomic mass is 35.5. The quantitative estimate of drug-likeness (QED) is 0.414. The van der Waals surface area contributed by atoms with E-state index < -0.39 is 0 Å². The first-order valence-corrected chi connectivity index (χ1v) is 12.2. The lowest BCUT2D eigenvalue weighted by Gasteiger charge is -2.41. The van der Waals surface area contributed by atoms with Crippen molar-refractivity contribution in [1.29, 1.82) is 0 Å². The number of hydrogen-bond acceptors (Lipinski definition) is 9. The summed E-state index contributed by atoms with van der Waals surface area (Å²) < 4.78 is 5.85. The topological polar surface area (TPSA) is 137 Å². The Morgan fingerprint density at radius 1 is 1.28 bits per heavy atom. The van der Waals surface area contributed by atoms with E-state index in [1.165, 1.54) is 0 Å². The molecule has 5 heterocycles. The monoisotopic (exact) mass is 513 g/mol. The normalized spacial score (nSPS) is 22.8. The summed E-state index contributed by atoms with van der Waals surface area (Å²) in [7, 11) is 1.63. The number of ether oxygens (including phenoxy) is 1. The Kier molecular flexibility index (Phi) is 6.39. The molecule has 2 fully saturated rings. The first-order valence-electron chi connectivity index (χ1n) is 12.2. The molecule has 3 aromatic rings. The fourth-order valence-electron chi connectivity index (χ4n) is 5.62. The van der Waals surface area contributed by atoms with Crippen molar-refractivity contribution in [2.75, 3.05) is 55.0 Å². The van der Waals surface area contributed by atoms with Crippen LogP contribution < -0.4 is 26.2 Å². The molecule has 2 saturated heterocycles. The lowest BCUT2D eigenvalue weighted by molar-refractivity contribution is 0.0962. The summed E-state index contributed by atoms with van der Waals surface area (Å²) in [6.45, 7) is 6.02. The summed E-state index contributed by atoms with van der Waals surface area (Å²) in [5, 5.41) is 13.7. The number of nitrogens with two attached hydrogens (primary N) is 1. The number of aromatic nitrogens is 4. The molecule has 192 valence electrons. The SMILES string of the molecule is CNC(=O)c1ccc2c(c1)NCCN2c1n[nH]c2nc(N3CCC4(CC3)CO[C@@H](C)[C@H]4N)cnc12.Cl. The average molecular weight is 514 g/mol. The Morgan fingerprint density at radius 3 is 2.81 bits per heavy atom. The number of rotatable bonds is 3. The van der Waals surface area contributed by atoms with Crippen molar-refractivity contribution in [3.8, 4) is 0 Å². The van der Waals surface area contributed by atoms with Crippen LogP contribution in [0.1, 0.15) is 30.1 Å². The van der Waals surface area contributed by atoms with Gasteiger partial charge in [0, 0.05) is 50.2 Å². The van der Waals surface area contributed by atoms with Gasteiger partial charge in [0.15, 0.2) is 17.0 Å². The maximum Gasteiger partial charge on any atom is 0.251 e. The second kappa shape index (κ2) is 9.38. The van der Waals surface area contributed by atoms with Gasteiger partial charge in [-0.15, -0.1) is 12.4 Å². The zero-order valence-electron chi connectivity index (χ0n) is 20.5. The Bertz CT molecular complexity index is 1270. The van der Waals surface area contributed by atoms with E-state index in [4.69, 9.17) is 20.4 Å². The van der Waals surface area contributed by atoms with Crippen molar-refractivity contribution < 1.29 is 9.53 Å². The summed E-state index contributed by atoms with van der Waals surface area (Å²) in [6, 6.07) is 5.71. The molecule has 0 bridgehead atoms. The van der Waals surface area contributed by atoms with Crippen LogP contribution in [-0.2, 0) is 4.74 Å². The lowest BCUT2D eigenvalue weighted by Crippen LogP contribution is -2.50. The van der Waals surface area contributed by atoms with Crippen molar-refractivity contribution in [2.45, 2.75) is 31.9 Å². The summed E-state index contributed by atoms with van der Waals surface area (Å²) in [5.41, 5.74) is 10.4. The molecule has 5 N–H and O–H groups in total. The fourth-order valence-corrected chi connectivity index (χ4v) is 5.62. The third-order valence-corrected chi connectivity index (χ3v) is 7.85. The number of anilines is 4. The van der Waals surface area contributed by atoms with Gasteiger partial charge in [-0.1, -0.05) is 0 Å². The van der Waals surface area contributed by atoms with Crippen LogP contribution in [0, 0.1) is 5.41 Å². The molecule has 0 radical (unpaired) electrons. The number of H-pyrrole nitrogens is 1. The zero-order valence-corrected chi connectivity index (χ0v) is 21.3. The Morgan fingerprint density at radius 2 is 2.08 bits per heavy atom. The van der Waals surface area contributed by atoms with Crippen LogP contribution in [0.25, 0.3) is 11.2 Å². The number of fused-ring (bicyclic) bond motifs is 2. The third kappa shape index (κ3) is 3.91. The van der Waals surface area contributed by atoms with Gasteiger partial charge in [0.1, 0.15) is 5.82 Å². The molecule has 1 aromatic carbocycles. The molecule has 0 unspecified atom stereocenters. The number of halogens is 1. The average Bonchev–Trinajstić information content (AvgIpc) is 3.44. The molecule has 2 atom stereocenters. The second-order valence-electron chi connectivity index (χ2n) is 9.75. The molecular weight excluding hydrogens is 482 g/mol. The van der Waals surface area contributed by atoms with Crippen LogP contribution in [-0.4, -0.2) is 78.1 Å². The predicted molar refractivity (Wildman–Crippen MR) is 142 cm³/mol. The fraction of sp³-hybridized carbons (Fsp3) is 0.500. The number of nitrogens with zero attached hydrogens (tertiary/aromatic N) is 5. The number of carbonyl (C=O) groups is 1. The van der Waals surface area contributed by atoms with Gasteiger partial charge in [-0.25, -0.2) is 9.97 Å². The van der Waals surface area contributed by atoms with E-state index in [-0.39, 0.29) is 35.9 Å². The van der Waals surface area contributed by atoms with Crippen LogP contribution in [0.5, 0.6) is 0 Å². The number of amides is 1. The van der Waals surface area contributed by atoms with Gasteiger partial charge in [0.25, 0.3) is 5.91 Å². The highest BCUT2D eigenvalue weighted by Crippen LogP contribution is 2.42. The molecule has 3 aliphatic heterocycles. The molecule has 0 aliphatic carbocycles. The number of aromatic amines is 1. The van der Waals surface area contributed by atoms with Gasteiger partial charge in [-0.2, -0.15) is 5.10 Å². The van der Waals surface area contributed by atoms with E-state index in [9.17, 15) is 4.79 Å². The molecule has 6 rings (SSSR count).